The first-order valence-electron chi connectivity index (χ1n) is 9.26. The van der Waals surface area contributed by atoms with Gasteiger partial charge in [-0.2, -0.15) is 0 Å². The first-order valence-corrected chi connectivity index (χ1v) is 9.26. The average Bonchev–Trinajstić information content (AvgIpc) is 2.76. The van der Waals surface area contributed by atoms with Crippen LogP contribution < -0.4 is 16.4 Å². The van der Waals surface area contributed by atoms with Crippen molar-refractivity contribution in [2.75, 3.05) is 0 Å². The van der Waals surface area contributed by atoms with E-state index in [1.165, 1.54) is 6.92 Å². The lowest BCUT2D eigenvalue weighted by Crippen LogP contribution is -2.46. The Kier molecular flexibility index (Phi) is 6.53. The van der Waals surface area contributed by atoms with Gasteiger partial charge in [-0.15, -0.1) is 0 Å². The van der Waals surface area contributed by atoms with Gasteiger partial charge in [-0.05, 0) is 31.2 Å². The molecule has 0 spiro atoms. The lowest BCUT2D eigenvalue weighted by Gasteiger charge is -2.14. The van der Waals surface area contributed by atoms with Gasteiger partial charge in [0.2, 0.25) is 0 Å². The minimum atomic E-state index is -1.11. The lowest BCUT2D eigenvalue weighted by atomic mass is 10.2. The number of benzene rings is 2. The van der Waals surface area contributed by atoms with Crippen LogP contribution >= 0.6 is 0 Å². The molecule has 0 aliphatic rings. The molecule has 0 unspecified atom stereocenters. The highest BCUT2D eigenvalue weighted by Crippen LogP contribution is 2.07. The number of hydrogen-bond acceptors (Lipinski definition) is 6. The van der Waals surface area contributed by atoms with E-state index in [9.17, 15) is 19.2 Å². The Labute approximate surface area is 171 Å². The summed E-state index contributed by atoms with van der Waals surface area (Å²) in [6.45, 7) is 1.39. The molecule has 0 aliphatic carbocycles. The van der Waals surface area contributed by atoms with Crippen LogP contribution in [0.15, 0.2) is 59.4 Å². The van der Waals surface area contributed by atoms with Gasteiger partial charge in [0.1, 0.15) is 5.82 Å². The van der Waals surface area contributed by atoms with Crippen LogP contribution in [0.2, 0.25) is 0 Å². The predicted molar refractivity (Wildman–Crippen MR) is 108 cm³/mol. The number of H-pyrrole nitrogens is 1. The van der Waals surface area contributed by atoms with Crippen molar-refractivity contribution in [1.82, 2.24) is 20.8 Å². The van der Waals surface area contributed by atoms with Crippen LogP contribution in [0, 0.1) is 0 Å². The molecule has 0 fully saturated rings. The molecule has 30 heavy (non-hydrogen) atoms. The number of carbonyl (C=O) groups is 3. The fraction of sp³-hybridized carbons (Fsp3) is 0.190. The van der Waals surface area contributed by atoms with Gasteiger partial charge in [0.05, 0.1) is 17.3 Å². The number of para-hydroxylation sites is 1. The molecule has 1 atom stereocenters. The van der Waals surface area contributed by atoms with Crippen LogP contribution in [0.5, 0.6) is 0 Å². The second-order valence-corrected chi connectivity index (χ2v) is 6.47. The Balaban J connectivity index is 1.48. The predicted octanol–water partition coefficient (Wildman–Crippen LogP) is 1.25. The largest absolute Gasteiger partial charge is 0.452 e. The van der Waals surface area contributed by atoms with Crippen LogP contribution in [0.3, 0.4) is 0 Å². The molecule has 0 saturated heterocycles. The number of nitrogens with one attached hydrogen (secondary N) is 3. The van der Waals surface area contributed by atoms with Crippen molar-refractivity contribution in [2.45, 2.75) is 25.9 Å². The summed E-state index contributed by atoms with van der Waals surface area (Å²) in [6, 6.07) is 15.2. The van der Waals surface area contributed by atoms with E-state index >= 15 is 0 Å². The third kappa shape index (κ3) is 5.28. The topological polar surface area (TPSA) is 130 Å². The van der Waals surface area contributed by atoms with E-state index in [0.29, 0.717) is 22.3 Å². The van der Waals surface area contributed by atoms with E-state index in [1.807, 2.05) is 0 Å². The van der Waals surface area contributed by atoms with E-state index in [-0.39, 0.29) is 18.4 Å². The first-order chi connectivity index (χ1) is 14.4. The minimum absolute atomic E-state index is 0.0741. The molecular weight excluding hydrogens is 388 g/mol. The van der Waals surface area contributed by atoms with Crippen molar-refractivity contribution in [1.29, 1.82) is 0 Å². The number of hydrazine groups is 1. The van der Waals surface area contributed by atoms with Crippen molar-refractivity contribution >= 4 is 28.7 Å². The summed E-state index contributed by atoms with van der Waals surface area (Å²) < 4.78 is 5.07. The highest BCUT2D eigenvalue weighted by Gasteiger charge is 2.19. The second-order valence-electron chi connectivity index (χ2n) is 6.47. The van der Waals surface area contributed by atoms with E-state index < -0.39 is 23.9 Å². The van der Waals surface area contributed by atoms with Crippen molar-refractivity contribution in [3.05, 3.63) is 76.3 Å². The molecule has 1 heterocycles. The third-order valence-electron chi connectivity index (χ3n) is 4.24. The number of amides is 2. The monoisotopic (exact) mass is 408 g/mol. The van der Waals surface area contributed by atoms with Crippen molar-refractivity contribution in [3.8, 4) is 0 Å². The number of fused-ring (bicyclic) bond motifs is 1. The Morgan fingerprint density at radius 2 is 1.73 bits per heavy atom. The zero-order chi connectivity index (χ0) is 21.5. The van der Waals surface area contributed by atoms with E-state index in [2.05, 4.69) is 20.8 Å². The molecule has 0 radical (unpaired) electrons. The summed E-state index contributed by atoms with van der Waals surface area (Å²) in [5.41, 5.74) is 5.09. The van der Waals surface area contributed by atoms with E-state index in [4.69, 9.17) is 4.74 Å². The number of rotatable bonds is 6. The maximum absolute atomic E-state index is 12.0. The molecule has 2 amide bonds. The highest BCUT2D eigenvalue weighted by atomic mass is 16.5. The smallest absolute Gasteiger partial charge is 0.307 e. The maximum Gasteiger partial charge on any atom is 0.307 e. The Morgan fingerprint density at radius 3 is 2.50 bits per heavy atom. The van der Waals surface area contributed by atoms with Crippen LogP contribution in [-0.2, 0) is 20.7 Å². The van der Waals surface area contributed by atoms with Gasteiger partial charge < -0.3 is 9.72 Å². The van der Waals surface area contributed by atoms with Gasteiger partial charge in [-0.25, -0.2) is 4.98 Å². The molecule has 3 aromatic rings. The Morgan fingerprint density at radius 1 is 1.03 bits per heavy atom. The van der Waals surface area contributed by atoms with Crippen LogP contribution in [-0.4, -0.2) is 33.9 Å². The summed E-state index contributed by atoms with van der Waals surface area (Å²) in [7, 11) is 0. The summed E-state index contributed by atoms with van der Waals surface area (Å²) in [6.07, 6.45) is -1.04. The van der Waals surface area contributed by atoms with E-state index in [0.717, 1.165) is 0 Å². The number of nitrogens with zero attached hydrogens (tertiary/aromatic N) is 1. The standard InChI is InChI=1S/C21H20N4O5/c1-13(19(27)24-25-20(28)14-7-3-2-4-8-14)30-18(26)12-11-17-22-16-10-6-5-9-15(16)21(29)23-17/h2-10,13H,11-12H2,1H3,(H,24,27)(H,25,28)(H,22,23,29)/t13-/m0/s1. The Hall–Kier alpha value is -4.01. The zero-order valence-electron chi connectivity index (χ0n) is 16.2. The molecule has 1 aromatic heterocycles. The third-order valence-corrected chi connectivity index (χ3v) is 4.24. The fourth-order valence-electron chi connectivity index (χ4n) is 2.67. The summed E-state index contributed by atoms with van der Waals surface area (Å²) in [4.78, 5) is 54.9. The van der Waals surface area contributed by atoms with Gasteiger partial charge in [0, 0.05) is 12.0 Å². The molecule has 0 aliphatic heterocycles. The zero-order valence-corrected chi connectivity index (χ0v) is 16.2. The summed E-state index contributed by atoms with van der Waals surface area (Å²) >= 11 is 0. The number of aromatic amines is 1. The summed E-state index contributed by atoms with van der Waals surface area (Å²) in [5, 5.41) is 0.465. The van der Waals surface area contributed by atoms with Crippen molar-refractivity contribution in [2.24, 2.45) is 0 Å². The van der Waals surface area contributed by atoms with E-state index in [1.54, 1.807) is 54.6 Å². The normalized spacial score (nSPS) is 11.5. The van der Waals surface area contributed by atoms with Crippen LogP contribution in [0.1, 0.15) is 29.5 Å². The quantitative estimate of drug-likeness (QED) is 0.416. The fourth-order valence-corrected chi connectivity index (χ4v) is 2.67. The average molecular weight is 408 g/mol. The van der Waals surface area contributed by atoms with Gasteiger partial charge in [-0.3, -0.25) is 30.0 Å². The number of carbonyl (C=O) groups excluding carboxylic acids is 3. The number of esters is 1. The summed E-state index contributed by atoms with van der Waals surface area (Å²) in [5.74, 6) is -1.45. The molecule has 0 saturated carbocycles. The minimum Gasteiger partial charge on any atom is -0.452 e. The molecule has 0 bridgehead atoms. The number of ether oxygens (including phenoxy) is 1. The van der Waals surface area contributed by atoms with Crippen molar-refractivity contribution in [3.63, 3.8) is 0 Å². The second kappa shape index (κ2) is 9.46. The van der Waals surface area contributed by atoms with Crippen LogP contribution in [0.4, 0.5) is 0 Å². The van der Waals surface area contributed by atoms with Gasteiger partial charge in [0.25, 0.3) is 17.4 Å². The molecule has 3 rings (SSSR count). The SMILES string of the molecule is C[C@H](OC(=O)CCc1nc2ccccc2c(=O)[nH]1)C(=O)NNC(=O)c1ccccc1. The molecule has 3 N–H and O–H groups in total. The molecule has 9 nitrogen and oxygen atoms in total. The van der Waals surface area contributed by atoms with Crippen molar-refractivity contribution < 1.29 is 19.1 Å². The van der Waals surface area contributed by atoms with Crippen LogP contribution in [0.25, 0.3) is 10.9 Å². The number of aromatic nitrogens is 2. The molecule has 2 aromatic carbocycles. The molecule has 154 valence electrons. The lowest BCUT2D eigenvalue weighted by molar-refractivity contribution is -0.155. The maximum atomic E-state index is 12.0. The number of aryl methyl sites for hydroxylation is 1. The Bertz CT molecular complexity index is 1130. The number of hydrogen-bond donors (Lipinski definition) is 3. The highest BCUT2D eigenvalue weighted by molar-refractivity contribution is 5.95. The first kappa shape index (κ1) is 20.7. The molecule has 9 heteroatoms. The van der Waals surface area contributed by atoms with Gasteiger partial charge in [0.15, 0.2) is 6.10 Å². The van der Waals surface area contributed by atoms with Gasteiger partial charge in [-0.1, -0.05) is 30.3 Å². The van der Waals surface area contributed by atoms with Gasteiger partial charge >= 0.3 is 5.97 Å². The molecular formula is C21H20N4O5.